The van der Waals surface area contributed by atoms with E-state index < -0.39 is 36.3 Å². The average Bonchev–Trinajstić information content (AvgIpc) is 3.31. The molecule has 11 nitrogen and oxygen atoms in total. The summed E-state index contributed by atoms with van der Waals surface area (Å²) in [7, 11) is 1.41. The van der Waals surface area contributed by atoms with Crippen molar-refractivity contribution in [2.75, 3.05) is 19.0 Å². The first-order valence-corrected chi connectivity index (χ1v) is 9.46. The molecule has 4 unspecified atom stereocenters. The predicted molar refractivity (Wildman–Crippen MR) is 106 cm³/mol. The van der Waals surface area contributed by atoms with Crippen LogP contribution in [0, 0.1) is 5.82 Å². The first-order valence-electron chi connectivity index (χ1n) is 9.46. The number of aliphatic hydroxyl groups excluding tert-OH is 1. The summed E-state index contributed by atoms with van der Waals surface area (Å²) in [6, 6.07) is 3.56. The van der Waals surface area contributed by atoms with E-state index in [0.29, 0.717) is 29.9 Å². The zero-order chi connectivity index (χ0) is 22.1. The molecule has 3 heterocycles. The lowest BCUT2D eigenvalue weighted by Crippen LogP contribution is -2.43. The molecule has 5 N–H and O–H groups in total. The summed E-state index contributed by atoms with van der Waals surface area (Å²) in [6.45, 7) is 0.474. The molecule has 1 saturated heterocycles. The molecule has 0 saturated carbocycles. The minimum atomic E-state index is -1.34. The van der Waals surface area contributed by atoms with Gasteiger partial charge in [0, 0.05) is 6.54 Å². The third-order valence-electron chi connectivity index (χ3n) is 5.12. The number of rotatable bonds is 7. The van der Waals surface area contributed by atoms with Crippen molar-refractivity contribution in [1.82, 2.24) is 19.5 Å². The van der Waals surface area contributed by atoms with E-state index in [1.165, 1.54) is 30.4 Å². The Hall–Kier alpha value is -3.35. The number of aliphatic hydroxyl groups is 1. The van der Waals surface area contributed by atoms with Gasteiger partial charge in [-0.1, -0.05) is 6.07 Å². The van der Waals surface area contributed by atoms with Crippen LogP contribution in [-0.2, 0) is 16.0 Å². The summed E-state index contributed by atoms with van der Waals surface area (Å²) in [5, 5.41) is 22.7. The van der Waals surface area contributed by atoms with Crippen LogP contribution in [0.3, 0.4) is 0 Å². The molecule has 1 aromatic carbocycles. The Labute approximate surface area is 175 Å². The first kappa shape index (κ1) is 20.9. The number of imidazole rings is 1. The van der Waals surface area contributed by atoms with E-state index in [0.717, 1.165) is 5.56 Å². The van der Waals surface area contributed by atoms with Crippen LogP contribution in [0.15, 0.2) is 30.9 Å². The number of benzene rings is 1. The van der Waals surface area contributed by atoms with Crippen molar-refractivity contribution in [3.63, 3.8) is 0 Å². The van der Waals surface area contributed by atoms with E-state index in [4.69, 9.17) is 15.2 Å². The lowest BCUT2D eigenvalue weighted by atomic mass is 10.1. The second-order valence-electron chi connectivity index (χ2n) is 7.05. The number of carboxylic acids is 1. The fraction of sp³-hybridized carbons (Fsp3) is 0.368. The molecular weight excluding hydrogens is 411 g/mol. The minimum absolute atomic E-state index is 0.175. The van der Waals surface area contributed by atoms with Crippen LogP contribution < -0.4 is 15.8 Å². The molecule has 1 aliphatic rings. The van der Waals surface area contributed by atoms with Crippen molar-refractivity contribution in [3.05, 3.63) is 42.2 Å². The molecule has 1 aliphatic heterocycles. The number of carboxylic acid groups (broad SMARTS) is 1. The molecule has 0 aliphatic carbocycles. The second-order valence-corrected chi connectivity index (χ2v) is 7.05. The number of nitrogens with two attached hydrogens (primary N) is 1. The Morgan fingerprint density at radius 2 is 2.19 bits per heavy atom. The van der Waals surface area contributed by atoms with Crippen LogP contribution in [0.25, 0.3) is 11.2 Å². The molecule has 164 valence electrons. The molecule has 0 amide bonds. The van der Waals surface area contributed by atoms with Gasteiger partial charge < -0.3 is 30.7 Å². The molecule has 0 radical (unpaired) electrons. The van der Waals surface area contributed by atoms with E-state index in [1.54, 1.807) is 12.1 Å². The van der Waals surface area contributed by atoms with Crippen LogP contribution >= 0.6 is 0 Å². The van der Waals surface area contributed by atoms with E-state index in [9.17, 15) is 19.4 Å². The van der Waals surface area contributed by atoms with E-state index >= 15 is 0 Å². The molecule has 31 heavy (non-hydrogen) atoms. The van der Waals surface area contributed by atoms with Gasteiger partial charge in [0.2, 0.25) is 0 Å². The van der Waals surface area contributed by atoms with Crippen molar-refractivity contribution in [2.45, 2.75) is 30.9 Å². The number of hydrogen-bond donors (Lipinski definition) is 4. The SMILES string of the molecule is COc1cc(CCNc2ncnc3c2ncn3C2OC(C(=O)O)C(N)C2O)ccc1F. The summed E-state index contributed by atoms with van der Waals surface area (Å²) >= 11 is 0. The van der Waals surface area contributed by atoms with Crippen molar-refractivity contribution < 1.29 is 28.9 Å². The lowest BCUT2D eigenvalue weighted by molar-refractivity contribution is -0.152. The molecule has 4 rings (SSSR count). The fourth-order valence-corrected chi connectivity index (χ4v) is 3.50. The molecule has 3 aromatic rings. The molecule has 4 atom stereocenters. The normalized spacial score (nSPS) is 23.2. The highest BCUT2D eigenvalue weighted by Gasteiger charge is 2.46. The zero-order valence-corrected chi connectivity index (χ0v) is 16.5. The number of halogens is 1. The van der Waals surface area contributed by atoms with Crippen molar-refractivity contribution in [1.29, 1.82) is 0 Å². The third kappa shape index (κ3) is 3.87. The number of nitrogens with one attached hydrogen (secondary N) is 1. The maximum atomic E-state index is 13.5. The monoisotopic (exact) mass is 432 g/mol. The Morgan fingerprint density at radius 1 is 1.39 bits per heavy atom. The van der Waals surface area contributed by atoms with E-state index in [-0.39, 0.29) is 5.75 Å². The Morgan fingerprint density at radius 3 is 2.90 bits per heavy atom. The van der Waals surface area contributed by atoms with Gasteiger partial charge in [-0.3, -0.25) is 4.57 Å². The second kappa shape index (κ2) is 8.41. The van der Waals surface area contributed by atoms with Gasteiger partial charge in [0.05, 0.1) is 19.5 Å². The number of anilines is 1. The lowest BCUT2D eigenvalue weighted by Gasteiger charge is -2.16. The van der Waals surface area contributed by atoms with Crippen molar-refractivity contribution >= 4 is 23.0 Å². The summed E-state index contributed by atoms with van der Waals surface area (Å²) in [5.74, 6) is -1.06. The molecule has 0 bridgehead atoms. The number of hydrogen-bond acceptors (Lipinski definition) is 9. The summed E-state index contributed by atoms with van der Waals surface area (Å²) in [4.78, 5) is 23.9. The number of fused-ring (bicyclic) bond motifs is 1. The van der Waals surface area contributed by atoms with Crippen LogP contribution in [0.1, 0.15) is 11.8 Å². The Bertz CT molecular complexity index is 1110. The maximum absolute atomic E-state index is 13.5. The highest BCUT2D eigenvalue weighted by molar-refractivity contribution is 5.82. The van der Waals surface area contributed by atoms with Crippen molar-refractivity contribution in [3.8, 4) is 5.75 Å². The topological polar surface area (TPSA) is 158 Å². The van der Waals surface area contributed by atoms with Gasteiger partial charge in [0.15, 0.2) is 40.9 Å². The molecule has 1 fully saturated rings. The van der Waals surface area contributed by atoms with Crippen LogP contribution in [0.2, 0.25) is 0 Å². The number of ether oxygens (including phenoxy) is 2. The maximum Gasteiger partial charge on any atom is 0.334 e. The summed E-state index contributed by atoms with van der Waals surface area (Å²) in [6.07, 6.45) is -0.360. The van der Waals surface area contributed by atoms with Gasteiger partial charge in [0.1, 0.15) is 12.4 Å². The largest absolute Gasteiger partial charge is 0.494 e. The number of nitrogens with zero attached hydrogens (tertiary/aromatic N) is 4. The number of methoxy groups -OCH3 is 1. The highest BCUT2D eigenvalue weighted by atomic mass is 19.1. The van der Waals surface area contributed by atoms with Crippen molar-refractivity contribution in [2.24, 2.45) is 5.73 Å². The fourth-order valence-electron chi connectivity index (χ4n) is 3.50. The van der Waals surface area contributed by atoms with Crippen LogP contribution in [0.4, 0.5) is 10.2 Å². The van der Waals surface area contributed by atoms with Gasteiger partial charge >= 0.3 is 5.97 Å². The first-order chi connectivity index (χ1) is 14.9. The standard InChI is InChI=1S/C19H21FN6O5/c1-30-11-6-9(2-3-10(11)20)4-5-22-16-13-17(24-7-23-16)26(8-25-13)18-14(27)12(21)15(31-18)19(28)29/h2-3,6-8,12,14-15,18,27H,4-5,21H2,1H3,(H,28,29)(H,22,23,24). The van der Waals surface area contributed by atoms with E-state index in [1.807, 2.05) is 0 Å². The average molecular weight is 432 g/mol. The number of aromatic nitrogens is 4. The minimum Gasteiger partial charge on any atom is -0.494 e. The zero-order valence-electron chi connectivity index (χ0n) is 16.5. The Balaban J connectivity index is 1.51. The van der Waals surface area contributed by atoms with Gasteiger partial charge in [0.25, 0.3) is 0 Å². The third-order valence-corrected chi connectivity index (χ3v) is 5.12. The quantitative estimate of drug-likeness (QED) is 0.409. The number of aliphatic carboxylic acids is 1. The molecule has 2 aromatic heterocycles. The van der Waals surface area contributed by atoms with Gasteiger partial charge in [-0.05, 0) is 24.1 Å². The summed E-state index contributed by atoms with van der Waals surface area (Å²) < 4.78 is 25.4. The number of carbonyl (C=O) groups is 1. The van der Waals surface area contributed by atoms with Gasteiger partial charge in [-0.2, -0.15) is 0 Å². The van der Waals surface area contributed by atoms with Gasteiger partial charge in [-0.15, -0.1) is 0 Å². The molecular formula is C19H21FN6O5. The predicted octanol–water partition coefficient (Wildman–Crippen LogP) is 0.299. The van der Waals surface area contributed by atoms with Gasteiger partial charge in [-0.25, -0.2) is 24.1 Å². The summed E-state index contributed by atoms with van der Waals surface area (Å²) in [5.41, 5.74) is 7.42. The highest BCUT2D eigenvalue weighted by Crippen LogP contribution is 2.31. The Kier molecular flexibility index (Phi) is 5.67. The van der Waals surface area contributed by atoms with E-state index in [2.05, 4.69) is 20.3 Å². The van der Waals surface area contributed by atoms with Crippen LogP contribution in [-0.4, -0.2) is 67.6 Å². The van der Waals surface area contributed by atoms with Crippen LogP contribution in [0.5, 0.6) is 5.75 Å². The molecule has 12 heteroatoms. The smallest absolute Gasteiger partial charge is 0.334 e. The molecule has 0 spiro atoms.